The van der Waals surface area contributed by atoms with E-state index in [0.29, 0.717) is 11.1 Å². The van der Waals surface area contributed by atoms with Crippen molar-refractivity contribution in [2.45, 2.75) is 0 Å². The highest BCUT2D eigenvalue weighted by Gasteiger charge is 2.07. The molecule has 0 amide bonds. The smallest absolute Gasteiger partial charge is 0.344 e. The van der Waals surface area contributed by atoms with Crippen molar-refractivity contribution in [1.29, 1.82) is 0 Å². The SMILES string of the molecule is O=c1oc2ccccc2cc1-c1ccc(N=C/C=C/c2ccc([N+](=O)[O-])cc2)cc1. The van der Waals surface area contributed by atoms with Crippen molar-refractivity contribution in [1.82, 2.24) is 0 Å². The molecule has 1 heterocycles. The highest BCUT2D eigenvalue weighted by Crippen LogP contribution is 2.23. The van der Waals surface area contributed by atoms with Crippen molar-refractivity contribution < 1.29 is 9.34 Å². The first-order valence-electron chi connectivity index (χ1n) is 9.19. The van der Waals surface area contributed by atoms with Gasteiger partial charge in [0, 0.05) is 23.7 Å². The van der Waals surface area contributed by atoms with Gasteiger partial charge in [-0.05, 0) is 53.6 Å². The van der Waals surface area contributed by atoms with Gasteiger partial charge in [-0.25, -0.2) is 4.79 Å². The first kappa shape index (κ1) is 19.0. The van der Waals surface area contributed by atoms with E-state index < -0.39 is 4.92 Å². The summed E-state index contributed by atoms with van der Waals surface area (Å²) in [6.07, 6.45) is 5.20. The number of para-hydroxylation sites is 1. The van der Waals surface area contributed by atoms with Gasteiger partial charge >= 0.3 is 5.63 Å². The summed E-state index contributed by atoms with van der Waals surface area (Å²) in [6.45, 7) is 0. The Balaban J connectivity index is 1.48. The third-order valence-electron chi connectivity index (χ3n) is 4.52. The molecule has 0 aliphatic rings. The molecule has 4 aromatic rings. The molecule has 146 valence electrons. The van der Waals surface area contributed by atoms with Gasteiger partial charge < -0.3 is 4.42 Å². The molecule has 0 atom stereocenters. The minimum atomic E-state index is -0.430. The number of rotatable bonds is 5. The summed E-state index contributed by atoms with van der Waals surface area (Å²) in [4.78, 5) is 26.9. The van der Waals surface area contributed by atoms with Crippen LogP contribution in [0.5, 0.6) is 0 Å². The average molecular weight is 396 g/mol. The maximum absolute atomic E-state index is 12.3. The standard InChI is InChI=1S/C24H16N2O4/c27-24-22(16-19-5-1-2-6-23(19)30-24)18-9-11-20(12-10-18)25-15-3-4-17-7-13-21(14-8-17)26(28)29/h1-16H/b4-3+,25-15?. The number of non-ortho nitro benzene ring substituents is 1. The number of nitrogens with zero attached hydrogens (tertiary/aromatic N) is 2. The Morgan fingerprint density at radius 2 is 1.67 bits per heavy atom. The number of aliphatic imine (C=N–C) groups is 1. The van der Waals surface area contributed by atoms with Crippen molar-refractivity contribution in [3.05, 3.63) is 111 Å². The minimum Gasteiger partial charge on any atom is -0.422 e. The normalized spacial score (nSPS) is 11.5. The summed E-state index contributed by atoms with van der Waals surface area (Å²) in [7, 11) is 0. The van der Waals surface area contributed by atoms with Crippen LogP contribution in [-0.2, 0) is 0 Å². The average Bonchev–Trinajstić information content (AvgIpc) is 2.77. The molecule has 6 nitrogen and oxygen atoms in total. The topological polar surface area (TPSA) is 85.7 Å². The summed E-state index contributed by atoms with van der Waals surface area (Å²) in [5, 5.41) is 11.5. The van der Waals surface area contributed by atoms with Gasteiger partial charge in [-0.1, -0.05) is 36.4 Å². The lowest BCUT2D eigenvalue weighted by Crippen LogP contribution is -2.02. The number of fused-ring (bicyclic) bond motifs is 1. The van der Waals surface area contributed by atoms with E-state index in [1.165, 1.54) is 12.1 Å². The van der Waals surface area contributed by atoms with E-state index >= 15 is 0 Å². The van der Waals surface area contributed by atoms with Crippen molar-refractivity contribution in [3.8, 4) is 11.1 Å². The van der Waals surface area contributed by atoms with Gasteiger partial charge in [0.2, 0.25) is 0 Å². The molecule has 0 fully saturated rings. The molecule has 30 heavy (non-hydrogen) atoms. The predicted octanol–water partition coefficient (Wildman–Crippen LogP) is 5.78. The molecule has 0 N–H and O–H groups in total. The monoisotopic (exact) mass is 396 g/mol. The van der Waals surface area contributed by atoms with Gasteiger partial charge in [0.15, 0.2) is 0 Å². The number of nitro benzene ring substituents is 1. The fourth-order valence-electron chi connectivity index (χ4n) is 2.98. The van der Waals surface area contributed by atoms with Crippen molar-refractivity contribution >= 4 is 34.6 Å². The van der Waals surface area contributed by atoms with Gasteiger partial charge in [-0.15, -0.1) is 0 Å². The molecule has 0 saturated carbocycles. The first-order chi connectivity index (χ1) is 14.6. The molecule has 0 aliphatic heterocycles. The van der Waals surface area contributed by atoms with Crippen LogP contribution < -0.4 is 5.63 Å². The third kappa shape index (κ3) is 4.23. The van der Waals surface area contributed by atoms with Crippen LogP contribution in [0, 0.1) is 10.1 Å². The number of nitro groups is 1. The van der Waals surface area contributed by atoms with E-state index in [0.717, 1.165) is 22.2 Å². The second kappa shape index (κ2) is 8.36. The highest BCUT2D eigenvalue weighted by molar-refractivity contribution is 5.83. The molecular weight excluding hydrogens is 380 g/mol. The summed E-state index contributed by atoms with van der Waals surface area (Å²) < 4.78 is 5.39. The van der Waals surface area contributed by atoms with Gasteiger partial charge in [-0.2, -0.15) is 0 Å². The van der Waals surface area contributed by atoms with E-state index in [1.54, 1.807) is 30.5 Å². The number of allylic oxidation sites excluding steroid dienone is 1. The highest BCUT2D eigenvalue weighted by atomic mass is 16.6. The third-order valence-corrected chi connectivity index (χ3v) is 4.52. The van der Waals surface area contributed by atoms with Crippen molar-refractivity contribution in [2.24, 2.45) is 4.99 Å². The number of hydrogen-bond donors (Lipinski definition) is 0. The Kier molecular flexibility index (Phi) is 5.30. The molecule has 4 rings (SSSR count). The van der Waals surface area contributed by atoms with Crippen LogP contribution in [0.4, 0.5) is 11.4 Å². The van der Waals surface area contributed by atoms with Crippen LogP contribution in [0.3, 0.4) is 0 Å². The van der Waals surface area contributed by atoms with Crippen LogP contribution in [0.1, 0.15) is 5.56 Å². The molecule has 6 heteroatoms. The lowest BCUT2D eigenvalue weighted by atomic mass is 10.1. The fourth-order valence-corrected chi connectivity index (χ4v) is 2.98. The molecule has 0 saturated heterocycles. The fraction of sp³-hybridized carbons (Fsp3) is 0. The Labute approximate surface area is 171 Å². The van der Waals surface area contributed by atoms with Gasteiger partial charge in [0.25, 0.3) is 5.69 Å². The van der Waals surface area contributed by atoms with Crippen molar-refractivity contribution in [2.75, 3.05) is 0 Å². The lowest BCUT2D eigenvalue weighted by Gasteiger charge is -2.03. The molecule has 0 aliphatic carbocycles. The van der Waals surface area contributed by atoms with Crippen LogP contribution in [0.25, 0.3) is 28.2 Å². The Morgan fingerprint density at radius 3 is 2.40 bits per heavy atom. The maximum Gasteiger partial charge on any atom is 0.344 e. The summed E-state index contributed by atoms with van der Waals surface area (Å²) >= 11 is 0. The Bertz CT molecular complexity index is 1320. The molecule has 3 aromatic carbocycles. The zero-order valence-electron chi connectivity index (χ0n) is 15.8. The molecule has 1 aromatic heterocycles. The second-order valence-electron chi connectivity index (χ2n) is 6.52. The van der Waals surface area contributed by atoms with Gasteiger partial charge in [0.05, 0.1) is 16.2 Å². The molecule has 0 unspecified atom stereocenters. The van der Waals surface area contributed by atoms with E-state index in [-0.39, 0.29) is 11.3 Å². The van der Waals surface area contributed by atoms with Gasteiger partial charge in [0.1, 0.15) is 5.58 Å². The molecule has 0 bridgehead atoms. The summed E-state index contributed by atoms with van der Waals surface area (Å²) in [5.74, 6) is 0. The first-order valence-corrected chi connectivity index (χ1v) is 9.19. The lowest BCUT2D eigenvalue weighted by molar-refractivity contribution is -0.384. The van der Waals surface area contributed by atoms with E-state index in [4.69, 9.17) is 4.42 Å². The van der Waals surface area contributed by atoms with Crippen LogP contribution in [0.15, 0.2) is 99.1 Å². The second-order valence-corrected chi connectivity index (χ2v) is 6.52. The summed E-state index contributed by atoms with van der Waals surface area (Å²) in [5.41, 5.74) is 3.07. The van der Waals surface area contributed by atoms with E-state index in [1.807, 2.05) is 54.6 Å². The Hall–Kier alpha value is -4.32. The quantitative estimate of drug-likeness (QED) is 0.185. The zero-order chi connectivity index (χ0) is 20.9. The zero-order valence-corrected chi connectivity index (χ0v) is 15.8. The predicted molar refractivity (Wildman–Crippen MR) is 118 cm³/mol. The van der Waals surface area contributed by atoms with Crippen LogP contribution in [0.2, 0.25) is 0 Å². The van der Waals surface area contributed by atoms with Gasteiger partial charge in [-0.3, -0.25) is 15.1 Å². The summed E-state index contributed by atoms with van der Waals surface area (Å²) in [6, 6.07) is 22.8. The minimum absolute atomic E-state index is 0.0568. The van der Waals surface area contributed by atoms with Crippen molar-refractivity contribution in [3.63, 3.8) is 0 Å². The largest absolute Gasteiger partial charge is 0.422 e. The molecular formula is C24H16N2O4. The molecule has 0 spiro atoms. The van der Waals surface area contributed by atoms with Crippen LogP contribution >= 0.6 is 0 Å². The van der Waals surface area contributed by atoms with E-state index in [9.17, 15) is 14.9 Å². The van der Waals surface area contributed by atoms with Crippen LogP contribution in [-0.4, -0.2) is 11.1 Å². The number of benzene rings is 3. The molecule has 0 radical (unpaired) electrons. The van der Waals surface area contributed by atoms with E-state index in [2.05, 4.69) is 4.99 Å². The number of hydrogen-bond acceptors (Lipinski definition) is 5. The maximum atomic E-state index is 12.3. The Morgan fingerprint density at radius 1 is 0.933 bits per heavy atom.